The third-order valence-electron chi connectivity index (χ3n) is 6.05. The molecule has 3 N–H and O–H groups in total. The molecule has 2 aromatic rings. The van der Waals surface area contributed by atoms with E-state index >= 15 is 0 Å². The van der Waals surface area contributed by atoms with Gasteiger partial charge >= 0.3 is 18.3 Å². The second-order valence-corrected chi connectivity index (χ2v) is 9.87. The second kappa shape index (κ2) is 13.7. The van der Waals surface area contributed by atoms with Crippen molar-refractivity contribution >= 4 is 40.5 Å². The summed E-state index contributed by atoms with van der Waals surface area (Å²) in [7, 11) is 3.08. The van der Waals surface area contributed by atoms with Crippen LogP contribution in [-0.4, -0.2) is 84.0 Å². The zero-order valence-electron chi connectivity index (χ0n) is 21.8. The summed E-state index contributed by atoms with van der Waals surface area (Å²) >= 11 is 1.50. The van der Waals surface area contributed by atoms with E-state index in [1.54, 1.807) is 25.2 Å². The van der Waals surface area contributed by atoms with Gasteiger partial charge in [0.1, 0.15) is 0 Å². The summed E-state index contributed by atoms with van der Waals surface area (Å²) in [5, 5.41) is 13.7. The Hall–Kier alpha value is -2.88. The first-order valence-electron chi connectivity index (χ1n) is 12.2. The molecule has 0 saturated carbocycles. The number of carboxylic acid groups (broad SMARTS) is 1. The molecule has 2 heterocycles. The van der Waals surface area contributed by atoms with E-state index in [0.29, 0.717) is 32.0 Å². The molecule has 0 unspecified atom stereocenters. The van der Waals surface area contributed by atoms with Gasteiger partial charge in [-0.3, -0.25) is 0 Å². The molecule has 222 valence electrons. The lowest BCUT2D eigenvalue weighted by molar-refractivity contribution is -0.192. The number of ether oxygens (including phenoxy) is 2. The third kappa shape index (κ3) is 8.32. The predicted molar refractivity (Wildman–Crippen MR) is 140 cm³/mol. The molecule has 0 spiro atoms. The van der Waals surface area contributed by atoms with Gasteiger partial charge in [0.2, 0.25) is 0 Å². The van der Waals surface area contributed by atoms with Crippen LogP contribution in [-0.2, 0) is 20.4 Å². The normalized spacial score (nSPS) is 14.8. The van der Waals surface area contributed by atoms with E-state index in [0.717, 1.165) is 47.3 Å². The Morgan fingerprint density at radius 1 is 0.975 bits per heavy atom. The SMILES string of the molecule is COCCN(CCOC)c1cc2c(cc1C(F)(F)F)Nc1ccc(N3CCNCC3)cc1S2.O=C(O)C(F)(F)F. The number of fused-ring (bicyclic) bond motifs is 2. The van der Waals surface area contributed by atoms with E-state index in [-0.39, 0.29) is 5.69 Å². The van der Waals surface area contributed by atoms with Crippen LogP contribution in [0.5, 0.6) is 0 Å². The maximum absolute atomic E-state index is 14.0. The summed E-state index contributed by atoms with van der Waals surface area (Å²) in [6, 6.07) is 8.96. The van der Waals surface area contributed by atoms with Crippen molar-refractivity contribution in [2.24, 2.45) is 0 Å². The molecular formula is C25H30F6N4O4S. The summed E-state index contributed by atoms with van der Waals surface area (Å²) in [5.74, 6) is -2.76. The summed E-state index contributed by atoms with van der Waals surface area (Å²) in [6.07, 6.45) is -9.57. The molecule has 40 heavy (non-hydrogen) atoms. The molecular weight excluding hydrogens is 566 g/mol. The van der Waals surface area contributed by atoms with Crippen molar-refractivity contribution in [2.45, 2.75) is 22.1 Å². The number of anilines is 4. The van der Waals surface area contributed by atoms with Gasteiger partial charge in [-0.05, 0) is 30.3 Å². The van der Waals surface area contributed by atoms with Crippen LogP contribution in [0, 0.1) is 0 Å². The van der Waals surface area contributed by atoms with Gasteiger partial charge in [0.15, 0.2) is 0 Å². The molecule has 0 amide bonds. The number of benzene rings is 2. The number of halogens is 6. The number of piperazine rings is 1. The largest absolute Gasteiger partial charge is 0.490 e. The van der Waals surface area contributed by atoms with Crippen LogP contribution >= 0.6 is 11.8 Å². The van der Waals surface area contributed by atoms with Crippen molar-refractivity contribution in [1.29, 1.82) is 0 Å². The molecule has 1 saturated heterocycles. The van der Waals surface area contributed by atoms with Crippen LogP contribution in [0.4, 0.5) is 49.1 Å². The maximum Gasteiger partial charge on any atom is 0.490 e. The lowest BCUT2D eigenvalue weighted by Crippen LogP contribution is -2.43. The molecule has 15 heteroatoms. The molecule has 1 fully saturated rings. The fourth-order valence-electron chi connectivity index (χ4n) is 4.08. The van der Waals surface area contributed by atoms with Crippen molar-refractivity contribution in [3.8, 4) is 0 Å². The minimum Gasteiger partial charge on any atom is -0.475 e. The first kappa shape index (κ1) is 31.6. The summed E-state index contributed by atoms with van der Waals surface area (Å²) < 4.78 is 84.1. The van der Waals surface area contributed by atoms with Gasteiger partial charge in [-0.15, -0.1) is 0 Å². The van der Waals surface area contributed by atoms with Crippen LogP contribution in [0.3, 0.4) is 0 Å². The highest BCUT2D eigenvalue weighted by Crippen LogP contribution is 2.50. The predicted octanol–water partition coefficient (Wildman–Crippen LogP) is 5.06. The van der Waals surface area contributed by atoms with Crippen LogP contribution in [0.1, 0.15) is 5.56 Å². The number of hydrogen-bond donors (Lipinski definition) is 3. The number of alkyl halides is 6. The number of hydrogen-bond acceptors (Lipinski definition) is 8. The Balaban J connectivity index is 0.000000559. The number of carboxylic acids is 1. The average Bonchev–Trinajstić information content (AvgIpc) is 2.91. The number of nitrogens with zero attached hydrogens (tertiary/aromatic N) is 2. The molecule has 4 rings (SSSR count). The highest BCUT2D eigenvalue weighted by Gasteiger charge is 2.38. The van der Waals surface area contributed by atoms with Crippen molar-refractivity contribution in [3.63, 3.8) is 0 Å². The lowest BCUT2D eigenvalue weighted by atomic mass is 10.1. The van der Waals surface area contributed by atoms with Gasteiger partial charge in [0.25, 0.3) is 0 Å². The van der Waals surface area contributed by atoms with E-state index in [2.05, 4.69) is 21.6 Å². The standard InChI is InChI=1S/C23H29F3N4O2S.C2HF3O2/c1-31-11-9-30(10-12-32-2)20-15-22-19(14-17(20)23(24,25)26)28-18-4-3-16(13-21(18)33-22)29-7-5-27-6-8-29;3-2(4,5)1(6)7/h3-4,13-15,27-28H,5-12H2,1-2H3;(H,6,7). The van der Waals surface area contributed by atoms with Crippen molar-refractivity contribution in [3.05, 3.63) is 35.9 Å². The Labute approximate surface area is 231 Å². The first-order valence-corrected chi connectivity index (χ1v) is 13.0. The van der Waals surface area contributed by atoms with Crippen LogP contribution in [0.15, 0.2) is 40.1 Å². The van der Waals surface area contributed by atoms with Crippen LogP contribution in [0.2, 0.25) is 0 Å². The Morgan fingerprint density at radius 2 is 1.55 bits per heavy atom. The monoisotopic (exact) mass is 596 g/mol. The van der Waals surface area contributed by atoms with Gasteiger partial charge < -0.3 is 35.0 Å². The average molecular weight is 597 g/mol. The maximum atomic E-state index is 14.0. The van der Waals surface area contributed by atoms with E-state index < -0.39 is 23.9 Å². The van der Waals surface area contributed by atoms with Gasteiger partial charge in [0, 0.05) is 69.0 Å². The van der Waals surface area contributed by atoms with Crippen LogP contribution < -0.4 is 20.4 Å². The number of nitrogens with one attached hydrogen (secondary N) is 2. The van der Waals surface area contributed by atoms with E-state index in [4.69, 9.17) is 19.4 Å². The smallest absolute Gasteiger partial charge is 0.475 e. The molecule has 0 aliphatic carbocycles. The summed E-state index contributed by atoms with van der Waals surface area (Å²) in [5.41, 5.74) is 1.90. The van der Waals surface area contributed by atoms with Gasteiger partial charge in [-0.1, -0.05) is 11.8 Å². The number of rotatable bonds is 8. The molecule has 0 radical (unpaired) electrons. The zero-order chi connectivity index (χ0) is 29.5. The lowest BCUT2D eigenvalue weighted by Gasteiger charge is -2.32. The Morgan fingerprint density at radius 3 is 2.08 bits per heavy atom. The van der Waals surface area contributed by atoms with Gasteiger partial charge in [0.05, 0.1) is 35.8 Å². The third-order valence-corrected chi connectivity index (χ3v) is 7.17. The van der Waals surface area contributed by atoms with Crippen molar-refractivity contribution in [2.75, 3.05) is 81.8 Å². The zero-order valence-corrected chi connectivity index (χ0v) is 22.6. The minimum absolute atomic E-state index is 0.145. The molecule has 2 aromatic carbocycles. The number of methoxy groups -OCH3 is 2. The van der Waals surface area contributed by atoms with Gasteiger partial charge in [-0.25, -0.2) is 4.79 Å². The summed E-state index contributed by atoms with van der Waals surface area (Å²) in [6.45, 7) is 5.05. The molecule has 2 aliphatic heterocycles. The highest BCUT2D eigenvalue weighted by molar-refractivity contribution is 7.99. The first-order chi connectivity index (χ1) is 18.8. The Kier molecular flexibility index (Phi) is 10.8. The van der Waals surface area contributed by atoms with Gasteiger partial charge in [-0.2, -0.15) is 26.3 Å². The van der Waals surface area contributed by atoms with Crippen molar-refractivity contribution < 1.29 is 45.7 Å². The quantitative estimate of drug-likeness (QED) is 0.309. The molecule has 0 bridgehead atoms. The Bertz CT molecular complexity index is 1150. The molecule has 8 nitrogen and oxygen atoms in total. The number of aliphatic carboxylic acids is 1. The number of carbonyl (C=O) groups is 1. The molecule has 0 aromatic heterocycles. The highest BCUT2D eigenvalue weighted by atomic mass is 32.2. The fraction of sp³-hybridized carbons (Fsp3) is 0.480. The minimum atomic E-state index is -5.08. The van der Waals surface area contributed by atoms with Crippen LogP contribution in [0.25, 0.3) is 0 Å². The molecule has 0 atom stereocenters. The topological polar surface area (TPSA) is 86.3 Å². The summed E-state index contributed by atoms with van der Waals surface area (Å²) in [4.78, 5) is 14.7. The fourth-order valence-corrected chi connectivity index (χ4v) is 5.11. The molecule has 2 aliphatic rings. The van der Waals surface area contributed by atoms with Crippen molar-refractivity contribution in [1.82, 2.24) is 5.32 Å². The van der Waals surface area contributed by atoms with E-state index in [1.165, 1.54) is 17.8 Å². The van der Waals surface area contributed by atoms with E-state index in [1.807, 2.05) is 12.1 Å². The second-order valence-electron chi connectivity index (χ2n) is 8.78. The van der Waals surface area contributed by atoms with E-state index in [9.17, 15) is 26.3 Å².